The minimum Gasteiger partial charge on any atom is -0.318 e. The quantitative estimate of drug-likeness (QED) is 0.413. The smallest absolute Gasteiger partial charge is 0.318 e. The average molecular weight is 461 g/mol. The van der Waals surface area contributed by atoms with Crippen molar-refractivity contribution in [3.63, 3.8) is 0 Å². The van der Waals surface area contributed by atoms with Gasteiger partial charge in [-0.3, -0.25) is 9.36 Å². The molecule has 6 nitrogen and oxygen atoms in total. The number of carbonyl (C=O) groups excluding carboxylic acids is 1. The second kappa shape index (κ2) is 9.08. The van der Waals surface area contributed by atoms with Crippen LogP contribution in [-0.2, 0) is 0 Å². The van der Waals surface area contributed by atoms with Gasteiger partial charge in [0.05, 0.1) is 22.6 Å². The van der Waals surface area contributed by atoms with Crippen LogP contribution in [0.5, 0.6) is 0 Å². The standard InChI is InChI=1S/C26H25ClN4O2/c1-16-12-13-23(17(2)14-16)31-24(29-22-11-6-5-10-21(22)25(31)32)18(3)30(4)26(33)28-20-9-7-8-19(27)15-20/h5-15,18H,1-4H3,(H,28,33). The summed E-state index contributed by atoms with van der Waals surface area (Å²) < 4.78 is 1.62. The maximum absolute atomic E-state index is 13.6. The highest BCUT2D eigenvalue weighted by Crippen LogP contribution is 2.25. The molecule has 1 heterocycles. The Labute approximate surface area is 197 Å². The summed E-state index contributed by atoms with van der Waals surface area (Å²) in [5, 5.41) is 3.91. The van der Waals surface area contributed by atoms with Crippen molar-refractivity contribution in [3.8, 4) is 5.69 Å². The van der Waals surface area contributed by atoms with E-state index < -0.39 is 6.04 Å². The van der Waals surface area contributed by atoms with E-state index in [1.165, 1.54) is 4.90 Å². The number of urea groups is 1. The number of fused-ring (bicyclic) bond motifs is 1. The number of halogens is 1. The monoisotopic (exact) mass is 460 g/mol. The summed E-state index contributed by atoms with van der Waals surface area (Å²) in [7, 11) is 1.68. The van der Waals surface area contributed by atoms with Crippen molar-refractivity contribution < 1.29 is 4.79 Å². The van der Waals surface area contributed by atoms with Crippen molar-refractivity contribution in [1.82, 2.24) is 14.5 Å². The van der Waals surface area contributed by atoms with E-state index in [9.17, 15) is 9.59 Å². The molecule has 0 bridgehead atoms. The van der Waals surface area contributed by atoms with E-state index in [2.05, 4.69) is 5.32 Å². The predicted molar refractivity (Wildman–Crippen MR) is 133 cm³/mol. The van der Waals surface area contributed by atoms with Crippen LogP contribution in [0.3, 0.4) is 0 Å². The van der Waals surface area contributed by atoms with Gasteiger partial charge < -0.3 is 10.2 Å². The summed E-state index contributed by atoms with van der Waals surface area (Å²) in [5.74, 6) is 0.481. The van der Waals surface area contributed by atoms with Crippen molar-refractivity contribution in [3.05, 3.63) is 99.1 Å². The molecule has 2 amide bonds. The van der Waals surface area contributed by atoms with Gasteiger partial charge in [0.2, 0.25) is 0 Å². The Kier molecular flexibility index (Phi) is 6.20. The van der Waals surface area contributed by atoms with Crippen LogP contribution in [0.4, 0.5) is 10.5 Å². The summed E-state index contributed by atoms with van der Waals surface area (Å²) in [5.41, 5.74) is 3.81. The Morgan fingerprint density at radius 3 is 2.55 bits per heavy atom. The number of nitrogens with zero attached hydrogens (tertiary/aromatic N) is 3. The molecule has 0 saturated heterocycles. The number of carbonyl (C=O) groups is 1. The molecule has 0 radical (unpaired) electrons. The first kappa shape index (κ1) is 22.6. The zero-order valence-corrected chi connectivity index (χ0v) is 19.7. The van der Waals surface area contributed by atoms with Gasteiger partial charge in [0.25, 0.3) is 5.56 Å². The molecule has 1 unspecified atom stereocenters. The molecule has 4 rings (SSSR count). The number of aryl methyl sites for hydroxylation is 2. The molecule has 0 aliphatic carbocycles. The summed E-state index contributed by atoms with van der Waals surface area (Å²) in [6.45, 7) is 5.83. The van der Waals surface area contributed by atoms with E-state index in [4.69, 9.17) is 16.6 Å². The molecule has 168 valence electrons. The van der Waals surface area contributed by atoms with Gasteiger partial charge in [-0.15, -0.1) is 0 Å². The van der Waals surface area contributed by atoms with Crippen LogP contribution in [-0.4, -0.2) is 27.5 Å². The molecule has 3 aromatic carbocycles. The molecule has 1 atom stereocenters. The summed E-state index contributed by atoms with van der Waals surface area (Å²) in [6, 6.07) is 19.3. The Hall–Kier alpha value is -3.64. The van der Waals surface area contributed by atoms with E-state index >= 15 is 0 Å². The van der Waals surface area contributed by atoms with E-state index in [0.717, 1.165) is 16.8 Å². The number of para-hydroxylation sites is 1. The van der Waals surface area contributed by atoms with E-state index in [-0.39, 0.29) is 11.6 Å². The van der Waals surface area contributed by atoms with Crippen LogP contribution in [0, 0.1) is 13.8 Å². The zero-order valence-electron chi connectivity index (χ0n) is 19.0. The fourth-order valence-electron chi connectivity index (χ4n) is 3.85. The number of nitrogens with one attached hydrogen (secondary N) is 1. The van der Waals surface area contributed by atoms with Crippen LogP contribution in [0.2, 0.25) is 5.02 Å². The highest BCUT2D eigenvalue weighted by Gasteiger charge is 2.25. The predicted octanol–water partition coefficient (Wildman–Crippen LogP) is 5.88. The van der Waals surface area contributed by atoms with Crippen molar-refractivity contribution in [1.29, 1.82) is 0 Å². The largest absolute Gasteiger partial charge is 0.322 e. The first-order valence-corrected chi connectivity index (χ1v) is 11.0. The van der Waals surface area contributed by atoms with Crippen molar-refractivity contribution in [2.24, 2.45) is 0 Å². The average Bonchev–Trinajstić information content (AvgIpc) is 2.79. The Balaban J connectivity index is 1.81. The molecule has 33 heavy (non-hydrogen) atoms. The number of benzene rings is 3. The third kappa shape index (κ3) is 4.47. The molecule has 0 aliphatic rings. The summed E-state index contributed by atoms with van der Waals surface area (Å²) >= 11 is 6.04. The van der Waals surface area contributed by atoms with Gasteiger partial charge in [0.15, 0.2) is 0 Å². The van der Waals surface area contributed by atoms with Crippen LogP contribution >= 0.6 is 11.6 Å². The molecular weight excluding hydrogens is 436 g/mol. The molecule has 0 fully saturated rings. The number of hydrogen-bond donors (Lipinski definition) is 1. The lowest BCUT2D eigenvalue weighted by Crippen LogP contribution is -2.37. The van der Waals surface area contributed by atoms with Crippen molar-refractivity contribution in [2.45, 2.75) is 26.8 Å². The number of rotatable bonds is 4. The second-order valence-electron chi connectivity index (χ2n) is 8.15. The topological polar surface area (TPSA) is 67.2 Å². The van der Waals surface area contributed by atoms with Gasteiger partial charge in [-0.1, -0.05) is 47.5 Å². The third-order valence-electron chi connectivity index (χ3n) is 5.75. The fourth-order valence-corrected chi connectivity index (χ4v) is 4.04. The highest BCUT2D eigenvalue weighted by molar-refractivity contribution is 6.30. The zero-order chi connectivity index (χ0) is 23.7. The van der Waals surface area contributed by atoms with Crippen LogP contribution in [0.1, 0.15) is 29.9 Å². The van der Waals surface area contributed by atoms with Crippen molar-refractivity contribution in [2.75, 3.05) is 12.4 Å². The highest BCUT2D eigenvalue weighted by atomic mass is 35.5. The molecule has 0 saturated carbocycles. The number of amides is 2. The number of anilines is 1. The molecule has 1 N–H and O–H groups in total. The summed E-state index contributed by atoms with van der Waals surface area (Å²) in [4.78, 5) is 33.0. The van der Waals surface area contributed by atoms with Crippen LogP contribution in [0.15, 0.2) is 71.5 Å². The van der Waals surface area contributed by atoms with Gasteiger partial charge in [-0.2, -0.15) is 0 Å². The first-order valence-electron chi connectivity index (χ1n) is 10.6. The third-order valence-corrected chi connectivity index (χ3v) is 5.98. The Bertz CT molecular complexity index is 1410. The van der Waals surface area contributed by atoms with Gasteiger partial charge in [0.1, 0.15) is 5.82 Å². The molecule has 0 aliphatic heterocycles. The SMILES string of the molecule is Cc1ccc(-n2c(C(C)N(C)C(=O)Nc3cccc(Cl)c3)nc3ccccc3c2=O)c(C)c1. The fraction of sp³-hybridized carbons (Fsp3) is 0.192. The number of hydrogen-bond acceptors (Lipinski definition) is 3. The van der Waals surface area contributed by atoms with Crippen molar-refractivity contribution >= 4 is 34.2 Å². The molecule has 1 aromatic heterocycles. The van der Waals surface area contributed by atoms with Gasteiger partial charge >= 0.3 is 6.03 Å². The maximum Gasteiger partial charge on any atom is 0.322 e. The first-order chi connectivity index (χ1) is 15.8. The molecule has 4 aromatic rings. The molecule has 0 spiro atoms. The van der Waals surface area contributed by atoms with Gasteiger partial charge in [-0.25, -0.2) is 9.78 Å². The summed E-state index contributed by atoms with van der Waals surface area (Å²) in [6.07, 6.45) is 0. The molecule has 7 heteroatoms. The van der Waals surface area contributed by atoms with Crippen LogP contribution < -0.4 is 10.9 Å². The number of aromatic nitrogens is 2. The second-order valence-corrected chi connectivity index (χ2v) is 8.58. The lowest BCUT2D eigenvalue weighted by atomic mass is 10.1. The lowest BCUT2D eigenvalue weighted by molar-refractivity contribution is 0.205. The lowest BCUT2D eigenvalue weighted by Gasteiger charge is -2.27. The van der Waals surface area contributed by atoms with E-state index in [1.807, 2.05) is 57.2 Å². The Morgan fingerprint density at radius 1 is 1.06 bits per heavy atom. The normalized spacial score (nSPS) is 11.9. The van der Waals surface area contributed by atoms with Gasteiger partial charge in [0, 0.05) is 17.8 Å². The minimum absolute atomic E-state index is 0.168. The molecular formula is C26H25ClN4O2. The van der Waals surface area contributed by atoms with Gasteiger partial charge in [-0.05, 0) is 62.7 Å². The van der Waals surface area contributed by atoms with Crippen LogP contribution in [0.25, 0.3) is 16.6 Å². The maximum atomic E-state index is 13.6. The Morgan fingerprint density at radius 2 is 1.82 bits per heavy atom. The van der Waals surface area contributed by atoms with E-state index in [1.54, 1.807) is 41.9 Å². The van der Waals surface area contributed by atoms with E-state index in [0.29, 0.717) is 27.4 Å². The minimum atomic E-state index is -0.498.